The van der Waals surface area contributed by atoms with Crippen LogP contribution in [0, 0.1) is 5.92 Å². The number of rotatable bonds is 1. The van der Waals surface area contributed by atoms with Crippen molar-refractivity contribution in [3.8, 4) is 0 Å². The summed E-state index contributed by atoms with van der Waals surface area (Å²) >= 11 is 3.40. The molecule has 1 N–H and O–H groups in total. The van der Waals surface area contributed by atoms with E-state index in [1.807, 2.05) is 12.3 Å². The fraction of sp³-hybridized carbons (Fsp3) is 0.545. The highest BCUT2D eigenvalue weighted by molar-refractivity contribution is 9.10. The number of anilines is 1. The first-order valence-corrected chi connectivity index (χ1v) is 5.99. The molecule has 0 amide bonds. The molecule has 82 valence electrons. The normalized spacial score (nSPS) is 26.7. The van der Waals surface area contributed by atoms with Gasteiger partial charge in [0.25, 0.3) is 0 Å². The van der Waals surface area contributed by atoms with Gasteiger partial charge in [0.2, 0.25) is 0 Å². The van der Waals surface area contributed by atoms with Gasteiger partial charge in [0, 0.05) is 23.8 Å². The SMILES string of the molecule is CC1CCN(c2cncc(Br)c2)CC1O. The van der Waals surface area contributed by atoms with E-state index in [4.69, 9.17) is 0 Å². The third kappa shape index (κ3) is 2.49. The molecule has 1 fully saturated rings. The van der Waals surface area contributed by atoms with E-state index in [1.54, 1.807) is 6.20 Å². The molecule has 2 atom stereocenters. The van der Waals surface area contributed by atoms with Crippen LogP contribution in [-0.2, 0) is 0 Å². The maximum absolute atomic E-state index is 9.80. The zero-order chi connectivity index (χ0) is 10.8. The molecular weight excluding hydrogens is 256 g/mol. The van der Waals surface area contributed by atoms with Gasteiger partial charge in [0.1, 0.15) is 0 Å². The van der Waals surface area contributed by atoms with Crippen LogP contribution in [0.3, 0.4) is 0 Å². The molecule has 0 aromatic carbocycles. The zero-order valence-corrected chi connectivity index (χ0v) is 10.3. The second-order valence-corrected chi connectivity index (χ2v) is 5.06. The zero-order valence-electron chi connectivity index (χ0n) is 8.73. The summed E-state index contributed by atoms with van der Waals surface area (Å²) in [4.78, 5) is 6.32. The Morgan fingerprint density at radius 3 is 3.00 bits per heavy atom. The van der Waals surface area contributed by atoms with Crippen molar-refractivity contribution in [3.05, 3.63) is 22.9 Å². The highest BCUT2D eigenvalue weighted by Gasteiger charge is 2.24. The quantitative estimate of drug-likeness (QED) is 0.849. The Labute approximate surface area is 98.3 Å². The molecule has 1 saturated heterocycles. The second kappa shape index (κ2) is 4.49. The highest BCUT2D eigenvalue weighted by atomic mass is 79.9. The fourth-order valence-corrected chi connectivity index (χ4v) is 2.21. The molecule has 15 heavy (non-hydrogen) atoms. The van der Waals surface area contributed by atoms with Gasteiger partial charge >= 0.3 is 0 Å². The van der Waals surface area contributed by atoms with E-state index in [0.29, 0.717) is 12.5 Å². The summed E-state index contributed by atoms with van der Waals surface area (Å²) in [5.74, 6) is 0.404. The number of hydrogen-bond donors (Lipinski definition) is 1. The Bertz CT molecular complexity index is 345. The van der Waals surface area contributed by atoms with E-state index in [2.05, 4.69) is 32.7 Å². The number of β-amino-alcohol motifs (C(OH)–C–C–N with tert-alkyl or cyclic N) is 1. The summed E-state index contributed by atoms with van der Waals surface area (Å²) in [6.45, 7) is 3.80. The average molecular weight is 271 g/mol. The first kappa shape index (κ1) is 10.9. The van der Waals surface area contributed by atoms with Crippen LogP contribution in [0.25, 0.3) is 0 Å². The van der Waals surface area contributed by atoms with Gasteiger partial charge < -0.3 is 10.0 Å². The second-order valence-electron chi connectivity index (χ2n) is 4.14. The lowest BCUT2D eigenvalue weighted by molar-refractivity contribution is 0.103. The van der Waals surface area contributed by atoms with Crippen molar-refractivity contribution in [3.63, 3.8) is 0 Å². The van der Waals surface area contributed by atoms with Crippen molar-refractivity contribution in [1.29, 1.82) is 0 Å². The lowest BCUT2D eigenvalue weighted by Gasteiger charge is -2.35. The number of piperidine rings is 1. The first-order valence-electron chi connectivity index (χ1n) is 5.20. The molecule has 1 aliphatic heterocycles. The van der Waals surface area contributed by atoms with E-state index < -0.39 is 0 Å². The summed E-state index contributed by atoms with van der Waals surface area (Å²) in [6, 6.07) is 2.04. The van der Waals surface area contributed by atoms with Crippen LogP contribution >= 0.6 is 15.9 Å². The Morgan fingerprint density at radius 2 is 2.33 bits per heavy atom. The first-order chi connectivity index (χ1) is 7.16. The molecule has 2 heterocycles. The van der Waals surface area contributed by atoms with E-state index in [0.717, 1.165) is 23.1 Å². The lowest BCUT2D eigenvalue weighted by Crippen LogP contribution is -2.42. The van der Waals surface area contributed by atoms with Crippen molar-refractivity contribution in [1.82, 2.24) is 4.98 Å². The van der Waals surface area contributed by atoms with Crippen molar-refractivity contribution < 1.29 is 5.11 Å². The third-order valence-corrected chi connectivity index (χ3v) is 3.41. The number of aromatic nitrogens is 1. The van der Waals surface area contributed by atoms with Crippen molar-refractivity contribution >= 4 is 21.6 Å². The third-order valence-electron chi connectivity index (χ3n) is 2.97. The standard InChI is InChI=1S/C11H15BrN2O/c1-8-2-3-14(7-11(8)15)10-4-9(12)5-13-6-10/h4-6,8,11,15H,2-3,7H2,1H3. The van der Waals surface area contributed by atoms with Gasteiger partial charge in [0.15, 0.2) is 0 Å². The summed E-state index contributed by atoms with van der Waals surface area (Å²) in [6.07, 6.45) is 4.42. The van der Waals surface area contributed by atoms with Gasteiger partial charge in [0.05, 0.1) is 18.0 Å². The van der Waals surface area contributed by atoms with Crippen LogP contribution in [-0.4, -0.2) is 29.3 Å². The fourth-order valence-electron chi connectivity index (χ4n) is 1.86. The van der Waals surface area contributed by atoms with E-state index >= 15 is 0 Å². The molecule has 2 unspecified atom stereocenters. The number of pyridine rings is 1. The highest BCUT2D eigenvalue weighted by Crippen LogP contribution is 2.24. The minimum absolute atomic E-state index is 0.224. The Balaban J connectivity index is 2.12. The molecule has 0 radical (unpaired) electrons. The summed E-state index contributed by atoms with van der Waals surface area (Å²) in [5.41, 5.74) is 1.08. The van der Waals surface area contributed by atoms with Crippen molar-refractivity contribution in [2.75, 3.05) is 18.0 Å². The van der Waals surface area contributed by atoms with Gasteiger partial charge in [-0.05, 0) is 34.3 Å². The predicted molar refractivity (Wildman–Crippen MR) is 63.9 cm³/mol. The summed E-state index contributed by atoms with van der Waals surface area (Å²) in [5, 5.41) is 9.80. The van der Waals surface area contributed by atoms with Crippen LogP contribution < -0.4 is 4.90 Å². The van der Waals surface area contributed by atoms with Gasteiger partial charge in [-0.3, -0.25) is 4.98 Å². The predicted octanol–water partition coefficient (Wildman–Crippen LogP) is 2.05. The van der Waals surface area contributed by atoms with E-state index in [1.165, 1.54) is 0 Å². The molecule has 0 saturated carbocycles. The van der Waals surface area contributed by atoms with Crippen molar-refractivity contribution in [2.24, 2.45) is 5.92 Å². The van der Waals surface area contributed by atoms with Crippen LogP contribution in [0.2, 0.25) is 0 Å². The molecule has 1 aliphatic rings. The van der Waals surface area contributed by atoms with Crippen LogP contribution in [0.5, 0.6) is 0 Å². The summed E-state index contributed by atoms with van der Waals surface area (Å²) < 4.78 is 0.980. The molecular formula is C11H15BrN2O. The molecule has 1 aromatic heterocycles. The molecule has 0 bridgehead atoms. The van der Waals surface area contributed by atoms with E-state index in [9.17, 15) is 5.11 Å². The minimum Gasteiger partial charge on any atom is -0.391 e. The molecule has 2 rings (SSSR count). The van der Waals surface area contributed by atoms with Gasteiger partial charge in [-0.25, -0.2) is 0 Å². The number of nitrogens with zero attached hydrogens (tertiary/aromatic N) is 2. The Morgan fingerprint density at radius 1 is 1.53 bits per heavy atom. The number of aliphatic hydroxyl groups is 1. The molecule has 0 spiro atoms. The number of halogens is 1. The number of hydrogen-bond acceptors (Lipinski definition) is 3. The maximum Gasteiger partial charge on any atom is 0.0741 e. The molecule has 0 aliphatic carbocycles. The number of aliphatic hydroxyl groups excluding tert-OH is 1. The minimum atomic E-state index is -0.224. The summed E-state index contributed by atoms with van der Waals surface area (Å²) in [7, 11) is 0. The Kier molecular flexibility index (Phi) is 3.26. The monoisotopic (exact) mass is 270 g/mol. The van der Waals surface area contributed by atoms with Gasteiger partial charge in [-0.2, -0.15) is 0 Å². The van der Waals surface area contributed by atoms with Crippen molar-refractivity contribution in [2.45, 2.75) is 19.4 Å². The maximum atomic E-state index is 9.80. The largest absolute Gasteiger partial charge is 0.391 e. The van der Waals surface area contributed by atoms with Gasteiger partial charge in [-0.1, -0.05) is 6.92 Å². The molecule has 4 heteroatoms. The van der Waals surface area contributed by atoms with E-state index in [-0.39, 0.29) is 6.10 Å². The van der Waals surface area contributed by atoms with Crippen LogP contribution in [0.15, 0.2) is 22.9 Å². The topological polar surface area (TPSA) is 36.4 Å². The molecule has 3 nitrogen and oxygen atoms in total. The van der Waals surface area contributed by atoms with Crippen LogP contribution in [0.1, 0.15) is 13.3 Å². The lowest BCUT2D eigenvalue weighted by atomic mass is 9.96. The van der Waals surface area contributed by atoms with Crippen LogP contribution in [0.4, 0.5) is 5.69 Å². The smallest absolute Gasteiger partial charge is 0.0741 e. The van der Waals surface area contributed by atoms with Gasteiger partial charge in [-0.15, -0.1) is 0 Å². The average Bonchev–Trinajstić information content (AvgIpc) is 2.22. The Hall–Kier alpha value is -0.610. The molecule has 1 aromatic rings.